The maximum absolute atomic E-state index is 14.0. The molecule has 0 aliphatic carbocycles. The van der Waals surface area contributed by atoms with Crippen LogP contribution in [0.25, 0.3) is 10.9 Å². The van der Waals surface area contributed by atoms with Gasteiger partial charge in [0.1, 0.15) is 17.9 Å². The van der Waals surface area contributed by atoms with Crippen LogP contribution in [0.15, 0.2) is 54.7 Å². The van der Waals surface area contributed by atoms with Crippen LogP contribution in [0, 0.1) is 5.82 Å². The van der Waals surface area contributed by atoms with Crippen molar-refractivity contribution in [1.82, 2.24) is 0 Å². The lowest BCUT2D eigenvalue weighted by atomic mass is 10.1. The summed E-state index contributed by atoms with van der Waals surface area (Å²) in [6.07, 6.45) is 1.68. The molecule has 1 aliphatic rings. The third kappa shape index (κ3) is 4.22. The Balaban J connectivity index is 1.61. The number of carbonyl (C=O) groups is 1. The minimum Gasteiger partial charge on any atom is -0.462 e. The van der Waals surface area contributed by atoms with Crippen LogP contribution in [0.5, 0.6) is 0 Å². The van der Waals surface area contributed by atoms with Gasteiger partial charge in [0.25, 0.3) is 0 Å². The molecule has 1 aliphatic heterocycles. The van der Waals surface area contributed by atoms with E-state index in [9.17, 15) is 9.18 Å². The third-order valence-electron chi connectivity index (χ3n) is 5.44. The number of esters is 1. The first-order chi connectivity index (χ1) is 14.2. The number of benzene rings is 2. The van der Waals surface area contributed by atoms with Gasteiger partial charge in [0, 0.05) is 11.6 Å². The number of pyridine rings is 1. The zero-order valence-electron chi connectivity index (χ0n) is 16.6. The van der Waals surface area contributed by atoms with Gasteiger partial charge in [-0.2, -0.15) is 0 Å². The first kappa shape index (κ1) is 19.3. The number of ether oxygens (including phenoxy) is 1. The molecule has 150 valence electrons. The Morgan fingerprint density at radius 1 is 1.17 bits per heavy atom. The van der Waals surface area contributed by atoms with Gasteiger partial charge in [0.05, 0.1) is 43.9 Å². The zero-order chi connectivity index (χ0) is 20.2. The summed E-state index contributed by atoms with van der Waals surface area (Å²) in [5, 5.41) is 0.710. The Bertz CT molecular complexity index is 1000. The monoisotopic (exact) mass is 395 g/mol. The molecule has 0 radical (unpaired) electrons. The number of rotatable bonds is 5. The number of anilines is 1. The number of hydrogen-bond donors (Lipinski definition) is 1. The van der Waals surface area contributed by atoms with E-state index in [1.807, 2.05) is 6.07 Å². The standard InChI is InChI=1S/C23H24FN3O2/c1-2-29-23(28)20-15-25-21-9-8-18(24)14-19(21)22(20)27-12-10-26(11-13-27)16-17-6-4-3-5-7-17/h3-9,14-15H,2,10-13,16H2,1H3/p+2. The third-order valence-corrected chi connectivity index (χ3v) is 5.44. The quantitative estimate of drug-likeness (QED) is 0.671. The Morgan fingerprint density at radius 2 is 1.93 bits per heavy atom. The number of nitrogens with one attached hydrogen (secondary N) is 2. The first-order valence-corrected chi connectivity index (χ1v) is 10.1. The SMILES string of the molecule is CCOC(=O)c1c[nH+]c2ccc(F)cc2c1N1CC[NH+](Cc2ccccc2)CC1. The predicted octanol–water partition coefficient (Wildman–Crippen LogP) is 1.87. The van der Waals surface area contributed by atoms with Gasteiger partial charge in [-0.3, -0.25) is 0 Å². The van der Waals surface area contributed by atoms with Crippen LogP contribution in [0.3, 0.4) is 0 Å². The molecule has 4 rings (SSSR count). The molecule has 2 heterocycles. The van der Waals surface area contributed by atoms with E-state index >= 15 is 0 Å². The van der Waals surface area contributed by atoms with Gasteiger partial charge in [0.2, 0.25) is 5.52 Å². The van der Waals surface area contributed by atoms with Gasteiger partial charge in [0.15, 0.2) is 6.20 Å². The van der Waals surface area contributed by atoms with Gasteiger partial charge in [-0.1, -0.05) is 30.3 Å². The summed E-state index contributed by atoms with van der Waals surface area (Å²) in [5.41, 5.74) is 3.34. The van der Waals surface area contributed by atoms with Crippen LogP contribution in [0.1, 0.15) is 22.8 Å². The van der Waals surface area contributed by atoms with Crippen molar-refractivity contribution >= 4 is 22.6 Å². The summed E-state index contributed by atoms with van der Waals surface area (Å²) < 4.78 is 19.3. The number of quaternary nitrogens is 1. The van der Waals surface area contributed by atoms with E-state index in [-0.39, 0.29) is 11.8 Å². The molecule has 1 saturated heterocycles. The van der Waals surface area contributed by atoms with E-state index in [2.05, 4.69) is 34.1 Å². The van der Waals surface area contributed by atoms with Crippen molar-refractivity contribution in [3.05, 3.63) is 71.7 Å². The number of fused-ring (bicyclic) bond motifs is 1. The van der Waals surface area contributed by atoms with Gasteiger partial charge in [-0.05, 0) is 19.1 Å². The number of piperazine rings is 1. The van der Waals surface area contributed by atoms with Crippen molar-refractivity contribution in [3.63, 3.8) is 0 Å². The molecule has 1 aromatic heterocycles. The molecule has 1 fully saturated rings. The average Bonchev–Trinajstić information content (AvgIpc) is 2.74. The van der Waals surface area contributed by atoms with Gasteiger partial charge >= 0.3 is 5.97 Å². The Hall–Kier alpha value is -2.99. The summed E-state index contributed by atoms with van der Waals surface area (Å²) in [6, 6.07) is 15.1. The van der Waals surface area contributed by atoms with E-state index in [0.29, 0.717) is 17.6 Å². The molecule has 0 unspecified atom stereocenters. The number of nitrogens with zero attached hydrogens (tertiary/aromatic N) is 1. The maximum Gasteiger partial charge on any atom is 0.346 e. The van der Waals surface area contributed by atoms with Crippen LogP contribution in [-0.4, -0.2) is 38.8 Å². The topological polar surface area (TPSA) is 48.1 Å². The molecule has 6 heteroatoms. The normalized spacial score (nSPS) is 14.9. The van der Waals surface area contributed by atoms with Gasteiger partial charge in [-0.25, -0.2) is 14.2 Å². The summed E-state index contributed by atoms with van der Waals surface area (Å²) in [6.45, 7) is 6.56. The number of halogens is 1. The molecular weight excluding hydrogens is 369 g/mol. The molecule has 0 bridgehead atoms. The van der Waals surface area contributed by atoms with Crippen molar-refractivity contribution < 1.29 is 23.8 Å². The van der Waals surface area contributed by atoms with Crippen LogP contribution in [0.4, 0.5) is 10.1 Å². The van der Waals surface area contributed by atoms with Crippen molar-refractivity contribution in [2.24, 2.45) is 0 Å². The second kappa shape index (κ2) is 8.57. The van der Waals surface area contributed by atoms with E-state index in [4.69, 9.17) is 4.74 Å². The molecule has 2 aromatic carbocycles. The molecule has 3 aromatic rings. The summed E-state index contributed by atoms with van der Waals surface area (Å²) in [7, 11) is 0. The Kier molecular flexibility index (Phi) is 5.71. The molecule has 2 N–H and O–H groups in total. The molecule has 5 nitrogen and oxygen atoms in total. The van der Waals surface area contributed by atoms with Crippen LogP contribution >= 0.6 is 0 Å². The van der Waals surface area contributed by atoms with Gasteiger partial charge in [-0.15, -0.1) is 0 Å². The Morgan fingerprint density at radius 3 is 2.66 bits per heavy atom. The van der Waals surface area contributed by atoms with Crippen molar-refractivity contribution in [2.75, 3.05) is 37.7 Å². The highest BCUT2D eigenvalue weighted by molar-refractivity contribution is 6.04. The summed E-state index contributed by atoms with van der Waals surface area (Å²) in [4.78, 5) is 19.4. The number of H-pyrrole nitrogens is 1. The highest BCUT2D eigenvalue weighted by Crippen LogP contribution is 2.29. The Labute approximate surface area is 169 Å². The van der Waals surface area contributed by atoms with Crippen molar-refractivity contribution in [2.45, 2.75) is 13.5 Å². The van der Waals surface area contributed by atoms with Crippen molar-refractivity contribution in [3.8, 4) is 0 Å². The second-order valence-corrected chi connectivity index (χ2v) is 7.36. The largest absolute Gasteiger partial charge is 0.462 e. The second-order valence-electron chi connectivity index (χ2n) is 7.36. The van der Waals surface area contributed by atoms with E-state index in [1.54, 1.807) is 19.2 Å². The van der Waals surface area contributed by atoms with Gasteiger partial charge < -0.3 is 14.5 Å². The number of aromatic nitrogens is 1. The molecule has 0 amide bonds. The predicted molar refractivity (Wildman–Crippen MR) is 109 cm³/mol. The molecule has 0 spiro atoms. The number of carbonyl (C=O) groups excluding carboxylic acids is 1. The van der Waals surface area contributed by atoms with Crippen LogP contribution in [0.2, 0.25) is 0 Å². The molecular formula is C23H26FN3O2+2. The lowest BCUT2D eigenvalue weighted by Gasteiger charge is -2.34. The maximum atomic E-state index is 14.0. The minimum atomic E-state index is -0.385. The van der Waals surface area contributed by atoms with E-state index < -0.39 is 0 Å². The smallest absolute Gasteiger partial charge is 0.346 e. The highest BCUT2D eigenvalue weighted by Gasteiger charge is 2.28. The first-order valence-electron chi connectivity index (χ1n) is 10.1. The molecule has 0 atom stereocenters. The fraction of sp³-hybridized carbons (Fsp3) is 0.304. The van der Waals surface area contributed by atoms with E-state index in [1.165, 1.54) is 22.6 Å². The number of aromatic amines is 1. The zero-order valence-corrected chi connectivity index (χ0v) is 16.6. The molecule has 29 heavy (non-hydrogen) atoms. The number of hydrogen-bond acceptors (Lipinski definition) is 3. The van der Waals surface area contributed by atoms with Crippen LogP contribution in [-0.2, 0) is 11.3 Å². The fourth-order valence-electron chi connectivity index (χ4n) is 4.01. The minimum absolute atomic E-state index is 0.300. The van der Waals surface area contributed by atoms with Crippen molar-refractivity contribution in [1.29, 1.82) is 0 Å². The lowest BCUT2D eigenvalue weighted by Crippen LogP contribution is -3.13. The summed E-state index contributed by atoms with van der Waals surface area (Å²) >= 11 is 0. The van der Waals surface area contributed by atoms with Crippen LogP contribution < -0.4 is 14.8 Å². The average molecular weight is 395 g/mol. The lowest BCUT2D eigenvalue weighted by molar-refractivity contribution is -0.914. The fourth-order valence-corrected chi connectivity index (χ4v) is 4.01. The molecule has 0 saturated carbocycles. The summed E-state index contributed by atoms with van der Waals surface area (Å²) in [5.74, 6) is -0.703. The highest BCUT2D eigenvalue weighted by atomic mass is 19.1. The van der Waals surface area contributed by atoms with E-state index in [0.717, 1.165) is 43.9 Å².